The monoisotopic (exact) mass is 278 g/mol. The second-order valence-corrected chi connectivity index (χ2v) is 6.48. The third-order valence-electron chi connectivity index (χ3n) is 3.52. The van der Waals surface area contributed by atoms with E-state index in [4.69, 9.17) is 12.2 Å². The molecule has 1 atom stereocenters. The summed E-state index contributed by atoms with van der Waals surface area (Å²) in [5.74, 6) is 0. The highest BCUT2D eigenvalue weighted by Gasteiger charge is 2.42. The Morgan fingerprint density at radius 1 is 1.26 bits per heavy atom. The van der Waals surface area contributed by atoms with Gasteiger partial charge in [-0.15, -0.1) is 0 Å². The van der Waals surface area contributed by atoms with Crippen molar-refractivity contribution in [1.82, 2.24) is 10.2 Å². The molecule has 1 aliphatic rings. The lowest BCUT2D eigenvalue weighted by Crippen LogP contribution is -2.66. The number of nitrogens with zero attached hydrogens (tertiary/aromatic N) is 1. The molecule has 0 bridgehead atoms. The highest BCUT2D eigenvalue weighted by Crippen LogP contribution is 2.29. The minimum Gasteiger partial charge on any atom is -0.371 e. The second-order valence-electron chi connectivity index (χ2n) is 6.10. The van der Waals surface area contributed by atoms with Crippen molar-refractivity contribution in [3.8, 4) is 0 Å². The van der Waals surface area contributed by atoms with Gasteiger partial charge in [0.05, 0.1) is 0 Å². The van der Waals surface area contributed by atoms with Crippen molar-refractivity contribution in [3.05, 3.63) is 35.9 Å². The van der Waals surface area contributed by atoms with Crippen molar-refractivity contribution in [2.45, 2.75) is 44.9 Å². The van der Waals surface area contributed by atoms with Crippen LogP contribution in [-0.4, -0.2) is 32.9 Å². The van der Waals surface area contributed by atoms with Gasteiger partial charge in [0.1, 0.15) is 5.72 Å². The average molecular weight is 278 g/mol. The van der Waals surface area contributed by atoms with Gasteiger partial charge in [-0.3, -0.25) is 0 Å². The molecule has 0 saturated carbocycles. The summed E-state index contributed by atoms with van der Waals surface area (Å²) in [5.41, 5.74) is 0.204. The first-order valence-corrected chi connectivity index (χ1v) is 7.07. The molecule has 0 unspecified atom stereocenters. The highest BCUT2D eigenvalue weighted by molar-refractivity contribution is 7.80. The van der Waals surface area contributed by atoms with Gasteiger partial charge < -0.3 is 15.3 Å². The van der Waals surface area contributed by atoms with Gasteiger partial charge in [0.2, 0.25) is 0 Å². The van der Waals surface area contributed by atoms with Crippen LogP contribution in [-0.2, 0) is 6.42 Å². The molecule has 0 spiro atoms. The fraction of sp³-hybridized carbons (Fsp3) is 0.533. The summed E-state index contributed by atoms with van der Waals surface area (Å²) in [5, 5.41) is 14.5. The number of hydrogen-bond acceptors (Lipinski definition) is 2. The zero-order chi connectivity index (χ0) is 14.1. The normalized spacial score (nSPS) is 26.1. The van der Waals surface area contributed by atoms with E-state index < -0.39 is 5.72 Å². The van der Waals surface area contributed by atoms with Crippen molar-refractivity contribution < 1.29 is 5.11 Å². The molecule has 104 valence electrons. The third kappa shape index (κ3) is 3.45. The van der Waals surface area contributed by atoms with E-state index in [0.29, 0.717) is 11.5 Å². The van der Waals surface area contributed by atoms with Gasteiger partial charge in [-0.05, 0) is 45.0 Å². The van der Waals surface area contributed by atoms with Gasteiger partial charge >= 0.3 is 0 Å². The average Bonchev–Trinajstić information content (AvgIpc) is 2.26. The van der Waals surface area contributed by atoms with Crippen LogP contribution in [0.4, 0.5) is 0 Å². The maximum absolute atomic E-state index is 10.6. The lowest BCUT2D eigenvalue weighted by Gasteiger charge is -2.49. The predicted molar refractivity (Wildman–Crippen MR) is 81.9 cm³/mol. The number of thiocarbonyl (C=S) groups is 1. The molecule has 1 saturated heterocycles. The topological polar surface area (TPSA) is 35.5 Å². The Balaban J connectivity index is 2.05. The van der Waals surface area contributed by atoms with Gasteiger partial charge in [0, 0.05) is 18.5 Å². The molecule has 2 N–H and O–H groups in total. The summed E-state index contributed by atoms with van der Waals surface area (Å²) >= 11 is 5.40. The standard InChI is InChI=1S/C15H22N2OS/c1-14(2)11-15(3,18)17(13(19)16-14)10-9-12-7-5-4-6-8-12/h4-8,18H,9-11H2,1-3H3,(H,16,19)/t15-/m0/s1. The van der Waals surface area contributed by atoms with Crippen LogP contribution in [0.5, 0.6) is 0 Å². The fourth-order valence-corrected chi connectivity index (χ4v) is 3.34. The van der Waals surface area contributed by atoms with E-state index in [1.807, 2.05) is 30.0 Å². The zero-order valence-corrected chi connectivity index (χ0v) is 12.6. The minimum atomic E-state index is -0.888. The molecular formula is C15H22N2OS. The molecule has 0 radical (unpaired) electrons. The van der Waals surface area contributed by atoms with E-state index in [0.717, 1.165) is 13.0 Å². The van der Waals surface area contributed by atoms with E-state index >= 15 is 0 Å². The number of nitrogens with one attached hydrogen (secondary N) is 1. The Labute approximate surface area is 120 Å². The Kier molecular flexibility index (Phi) is 3.83. The van der Waals surface area contributed by atoms with Gasteiger partial charge in [0.15, 0.2) is 5.11 Å². The maximum atomic E-state index is 10.6. The third-order valence-corrected chi connectivity index (χ3v) is 3.84. The lowest BCUT2D eigenvalue weighted by atomic mass is 9.90. The summed E-state index contributed by atoms with van der Waals surface area (Å²) in [6.45, 7) is 6.68. The summed E-state index contributed by atoms with van der Waals surface area (Å²) in [7, 11) is 0. The molecular weight excluding hydrogens is 256 g/mol. The first-order valence-electron chi connectivity index (χ1n) is 6.66. The number of benzene rings is 1. The Bertz CT molecular complexity index is 456. The number of aliphatic hydroxyl groups is 1. The van der Waals surface area contributed by atoms with Crippen molar-refractivity contribution in [3.63, 3.8) is 0 Å². The molecule has 19 heavy (non-hydrogen) atoms. The fourth-order valence-electron chi connectivity index (χ4n) is 2.78. The largest absolute Gasteiger partial charge is 0.371 e. The van der Waals surface area contributed by atoms with Gasteiger partial charge in [-0.25, -0.2) is 0 Å². The van der Waals surface area contributed by atoms with E-state index in [-0.39, 0.29) is 5.54 Å². The molecule has 1 aliphatic heterocycles. The summed E-state index contributed by atoms with van der Waals surface area (Å²) < 4.78 is 0. The molecule has 1 fully saturated rings. The number of rotatable bonds is 3. The molecule has 0 amide bonds. The number of hydrogen-bond donors (Lipinski definition) is 2. The van der Waals surface area contributed by atoms with Crippen LogP contribution >= 0.6 is 12.2 Å². The first kappa shape index (κ1) is 14.3. The SMILES string of the molecule is CC1(C)C[C@](C)(O)N(CCc2ccccc2)C(=S)N1. The van der Waals surface area contributed by atoms with Gasteiger partial charge in [-0.2, -0.15) is 0 Å². The molecule has 3 nitrogen and oxygen atoms in total. The predicted octanol–water partition coefficient (Wildman–Crippen LogP) is 2.30. The van der Waals surface area contributed by atoms with Crippen LogP contribution in [0, 0.1) is 0 Å². The van der Waals surface area contributed by atoms with E-state index in [9.17, 15) is 5.11 Å². The van der Waals surface area contributed by atoms with Crippen molar-refractivity contribution in [2.24, 2.45) is 0 Å². The summed E-state index contributed by atoms with van der Waals surface area (Å²) in [4.78, 5) is 1.89. The summed E-state index contributed by atoms with van der Waals surface area (Å²) in [6, 6.07) is 10.3. The molecule has 1 aromatic rings. The molecule has 0 aliphatic carbocycles. The molecule has 2 rings (SSSR count). The zero-order valence-electron chi connectivity index (χ0n) is 11.8. The van der Waals surface area contributed by atoms with Crippen LogP contribution in [0.15, 0.2) is 30.3 Å². The van der Waals surface area contributed by atoms with Gasteiger partial charge in [-0.1, -0.05) is 30.3 Å². The van der Waals surface area contributed by atoms with Crippen LogP contribution in [0.3, 0.4) is 0 Å². The Morgan fingerprint density at radius 3 is 2.47 bits per heavy atom. The van der Waals surface area contributed by atoms with Crippen molar-refractivity contribution >= 4 is 17.3 Å². The molecule has 1 aromatic carbocycles. The van der Waals surface area contributed by atoms with E-state index in [2.05, 4.69) is 31.3 Å². The minimum absolute atomic E-state index is 0.163. The smallest absolute Gasteiger partial charge is 0.171 e. The maximum Gasteiger partial charge on any atom is 0.171 e. The quantitative estimate of drug-likeness (QED) is 0.832. The summed E-state index contributed by atoms with van der Waals surface area (Å²) in [6.07, 6.45) is 1.52. The van der Waals surface area contributed by atoms with Crippen molar-refractivity contribution in [1.29, 1.82) is 0 Å². The van der Waals surface area contributed by atoms with Crippen LogP contribution in [0.2, 0.25) is 0 Å². The van der Waals surface area contributed by atoms with E-state index in [1.165, 1.54) is 5.56 Å². The van der Waals surface area contributed by atoms with Crippen molar-refractivity contribution in [2.75, 3.05) is 6.54 Å². The van der Waals surface area contributed by atoms with Crippen LogP contribution in [0.25, 0.3) is 0 Å². The van der Waals surface area contributed by atoms with Gasteiger partial charge in [0.25, 0.3) is 0 Å². The second kappa shape index (κ2) is 5.10. The Morgan fingerprint density at radius 2 is 1.89 bits per heavy atom. The van der Waals surface area contributed by atoms with Crippen LogP contribution in [0.1, 0.15) is 32.8 Å². The molecule has 4 heteroatoms. The highest BCUT2D eigenvalue weighted by atomic mass is 32.1. The van der Waals surface area contributed by atoms with E-state index in [1.54, 1.807) is 0 Å². The Hall–Kier alpha value is -1.13. The lowest BCUT2D eigenvalue weighted by molar-refractivity contribution is -0.0876. The molecule has 0 aromatic heterocycles. The first-order chi connectivity index (χ1) is 8.80. The molecule has 1 heterocycles. The van der Waals surface area contributed by atoms with Crippen LogP contribution < -0.4 is 5.32 Å².